The first kappa shape index (κ1) is 21.2. The van der Waals surface area contributed by atoms with Crippen LogP contribution in [-0.2, 0) is 11.2 Å². The van der Waals surface area contributed by atoms with Gasteiger partial charge in [0.25, 0.3) is 0 Å². The van der Waals surface area contributed by atoms with Crippen LogP contribution >= 0.6 is 0 Å². The Labute approximate surface area is 163 Å². The first-order valence-electron chi connectivity index (χ1n) is 10.1. The Balaban J connectivity index is 1.52. The van der Waals surface area contributed by atoms with Crippen molar-refractivity contribution in [2.75, 3.05) is 46.3 Å². The summed E-state index contributed by atoms with van der Waals surface area (Å²) in [6.45, 7) is 7.64. The van der Waals surface area contributed by atoms with Gasteiger partial charge in [-0.15, -0.1) is 0 Å². The Morgan fingerprint density at radius 2 is 1.85 bits per heavy atom. The molecule has 0 radical (unpaired) electrons. The fraction of sp³-hybridized carbons (Fsp3) is 0.619. The van der Waals surface area contributed by atoms with Gasteiger partial charge in [-0.05, 0) is 56.8 Å². The molecule has 150 valence electrons. The number of likely N-dealkylation sites (tertiary alicyclic amines) is 1. The fourth-order valence-electron chi connectivity index (χ4n) is 3.23. The summed E-state index contributed by atoms with van der Waals surface area (Å²) in [5.41, 5.74) is 1.23. The zero-order chi connectivity index (χ0) is 19.3. The number of amides is 1. The summed E-state index contributed by atoms with van der Waals surface area (Å²) in [6, 6.07) is 10.2. The van der Waals surface area contributed by atoms with Crippen molar-refractivity contribution in [1.29, 1.82) is 0 Å². The molecule has 0 aliphatic carbocycles. The largest absolute Gasteiger partial charge is 0.356 e. The highest BCUT2D eigenvalue weighted by molar-refractivity contribution is 5.86. The minimum Gasteiger partial charge on any atom is -0.356 e. The van der Waals surface area contributed by atoms with Gasteiger partial charge in [0.15, 0.2) is 5.96 Å². The molecule has 3 N–H and O–H groups in total. The highest BCUT2D eigenvalue weighted by Crippen LogP contribution is 2.15. The normalized spacial score (nSPS) is 16.1. The monoisotopic (exact) mass is 373 g/mol. The number of carbonyl (C=O) groups excluding carboxylic acids is 1. The van der Waals surface area contributed by atoms with Gasteiger partial charge in [-0.3, -0.25) is 9.79 Å². The molecule has 1 aromatic carbocycles. The van der Waals surface area contributed by atoms with Crippen molar-refractivity contribution < 1.29 is 4.79 Å². The molecule has 1 aromatic rings. The van der Waals surface area contributed by atoms with Gasteiger partial charge >= 0.3 is 0 Å². The SMILES string of the molecule is CN=C(NCCCN1CCC(C)CC1)NCC(=O)NCCc1ccccc1. The van der Waals surface area contributed by atoms with Crippen LogP contribution in [0.15, 0.2) is 35.3 Å². The smallest absolute Gasteiger partial charge is 0.239 e. The molecule has 0 bridgehead atoms. The summed E-state index contributed by atoms with van der Waals surface area (Å²) in [4.78, 5) is 18.7. The van der Waals surface area contributed by atoms with Crippen LogP contribution in [0, 0.1) is 5.92 Å². The van der Waals surface area contributed by atoms with Gasteiger partial charge < -0.3 is 20.9 Å². The highest BCUT2D eigenvalue weighted by Gasteiger charge is 2.14. The maximum atomic E-state index is 12.0. The van der Waals surface area contributed by atoms with Gasteiger partial charge in [-0.2, -0.15) is 0 Å². The number of aliphatic imine (C=N–C) groups is 1. The van der Waals surface area contributed by atoms with E-state index in [0.29, 0.717) is 12.5 Å². The average Bonchev–Trinajstić information content (AvgIpc) is 2.69. The minimum atomic E-state index is -0.0173. The average molecular weight is 374 g/mol. The number of rotatable bonds is 9. The first-order valence-corrected chi connectivity index (χ1v) is 10.1. The lowest BCUT2D eigenvalue weighted by molar-refractivity contribution is -0.119. The summed E-state index contributed by atoms with van der Waals surface area (Å²) in [7, 11) is 1.73. The second-order valence-corrected chi connectivity index (χ2v) is 7.32. The summed E-state index contributed by atoms with van der Waals surface area (Å²) in [6.07, 6.45) is 4.55. The third-order valence-corrected chi connectivity index (χ3v) is 5.04. The van der Waals surface area contributed by atoms with Gasteiger partial charge in [-0.25, -0.2) is 0 Å². The van der Waals surface area contributed by atoms with Crippen molar-refractivity contribution in [1.82, 2.24) is 20.9 Å². The van der Waals surface area contributed by atoms with Crippen LogP contribution in [0.1, 0.15) is 31.7 Å². The summed E-state index contributed by atoms with van der Waals surface area (Å²) in [5, 5.41) is 9.30. The van der Waals surface area contributed by atoms with Gasteiger partial charge in [0.05, 0.1) is 6.54 Å². The van der Waals surface area contributed by atoms with Crippen LogP contribution in [0.4, 0.5) is 0 Å². The van der Waals surface area contributed by atoms with Crippen LogP contribution in [0.3, 0.4) is 0 Å². The number of hydrogen-bond donors (Lipinski definition) is 3. The molecule has 1 aliphatic rings. The molecule has 0 saturated carbocycles. The van der Waals surface area contributed by atoms with E-state index in [1.165, 1.54) is 31.5 Å². The van der Waals surface area contributed by atoms with Crippen LogP contribution in [0.2, 0.25) is 0 Å². The summed E-state index contributed by atoms with van der Waals surface area (Å²) < 4.78 is 0. The lowest BCUT2D eigenvalue weighted by Crippen LogP contribution is -2.44. The van der Waals surface area contributed by atoms with Crippen molar-refractivity contribution in [3.63, 3.8) is 0 Å². The molecule has 0 atom stereocenters. The van der Waals surface area contributed by atoms with E-state index in [9.17, 15) is 4.79 Å². The topological polar surface area (TPSA) is 68.8 Å². The van der Waals surface area contributed by atoms with Crippen molar-refractivity contribution in [2.45, 2.75) is 32.6 Å². The second-order valence-electron chi connectivity index (χ2n) is 7.32. The van der Waals surface area contributed by atoms with Crippen molar-refractivity contribution in [2.24, 2.45) is 10.9 Å². The van der Waals surface area contributed by atoms with E-state index in [4.69, 9.17) is 0 Å². The standard InChI is InChI=1S/C21H35N5O/c1-18-10-15-26(16-11-18)14-6-12-24-21(22-2)25-17-20(27)23-13-9-19-7-4-3-5-8-19/h3-5,7-8,18H,6,9-17H2,1-2H3,(H,23,27)(H2,22,24,25). The van der Waals surface area contributed by atoms with Gasteiger partial charge in [0.1, 0.15) is 0 Å². The molecule has 27 heavy (non-hydrogen) atoms. The molecule has 6 heteroatoms. The second kappa shape index (κ2) is 12.3. The Morgan fingerprint density at radius 1 is 1.11 bits per heavy atom. The Kier molecular flexibility index (Phi) is 9.69. The molecule has 1 amide bonds. The Bertz CT molecular complexity index is 567. The molecule has 6 nitrogen and oxygen atoms in total. The van der Waals surface area contributed by atoms with E-state index in [2.05, 4.69) is 44.9 Å². The molecular formula is C21H35N5O. The molecular weight excluding hydrogens is 338 g/mol. The number of piperidine rings is 1. The van der Waals surface area contributed by atoms with Crippen molar-refractivity contribution in [3.05, 3.63) is 35.9 Å². The van der Waals surface area contributed by atoms with E-state index in [1.54, 1.807) is 7.05 Å². The number of guanidine groups is 1. The molecule has 1 heterocycles. The van der Waals surface area contributed by atoms with Crippen LogP contribution in [0.5, 0.6) is 0 Å². The van der Waals surface area contributed by atoms with Gasteiger partial charge in [-0.1, -0.05) is 37.3 Å². The van der Waals surface area contributed by atoms with Gasteiger partial charge in [0, 0.05) is 20.1 Å². The molecule has 2 rings (SSSR count). The molecule has 0 unspecified atom stereocenters. The molecule has 1 saturated heterocycles. The van der Waals surface area contributed by atoms with Crippen molar-refractivity contribution in [3.8, 4) is 0 Å². The van der Waals surface area contributed by atoms with Crippen LogP contribution in [-0.4, -0.2) is 63.1 Å². The zero-order valence-corrected chi connectivity index (χ0v) is 16.8. The van der Waals surface area contributed by atoms with E-state index >= 15 is 0 Å². The van der Waals surface area contributed by atoms with E-state index < -0.39 is 0 Å². The van der Waals surface area contributed by atoms with Crippen molar-refractivity contribution >= 4 is 11.9 Å². The predicted octanol–water partition coefficient (Wildman–Crippen LogP) is 1.63. The quantitative estimate of drug-likeness (QED) is 0.350. The summed E-state index contributed by atoms with van der Waals surface area (Å²) >= 11 is 0. The van der Waals surface area contributed by atoms with E-state index in [1.807, 2.05) is 18.2 Å². The third kappa shape index (κ3) is 8.91. The summed E-state index contributed by atoms with van der Waals surface area (Å²) in [5.74, 6) is 1.54. The predicted molar refractivity (Wildman–Crippen MR) is 112 cm³/mol. The van der Waals surface area contributed by atoms with E-state index in [0.717, 1.165) is 31.8 Å². The lowest BCUT2D eigenvalue weighted by atomic mass is 9.99. The van der Waals surface area contributed by atoms with Crippen LogP contribution in [0.25, 0.3) is 0 Å². The number of nitrogens with zero attached hydrogens (tertiary/aromatic N) is 2. The molecule has 0 spiro atoms. The third-order valence-electron chi connectivity index (χ3n) is 5.04. The maximum absolute atomic E-state index is 12.0. The van der Waals surface area contributed by atoms with Gasteiger partial charge in [0.2, 0.25) is 5.91 Å². The number of carbonyl (C=O) groups is 1. The lowest BCUT2D eigenvalue weighted by Gasteiger charge is -2.30. The molecule has 1 fully saturated rings. The number of benzene rings is 1. The zero-order valence-electron chi connectivity index (χ0n) is 16.8. The highest BCUT2D eigenvalue weighted by atomic mass is 16.1. The number of nitrogens with one attached hydrogen (secondary N) is 3. The Morgan fingerprint density at radius 3 is 2.56 bits per heavy atom. The minimum absolute atomic E-state index is 0.0173. The molecule has 0 aromatic heterocycles. The van der Waals surface area contributed by atoms with Crippen LogP contribution < -0.4 is 16.0 Å². The Hall–Kier alpha value is -2.08. The fourth-order valence-corrected chi connectivity index (χ4v) is 3.23. The maximum Gasteiger partial charge on any atom is 0.239 e. The molecule has 1 aliphatic heterocycles. The number of hydrogen-bond acceptors (Lipinski definition) is 3. The van der Waals surface area contributed by atoms with E-state index in [-0.39, 0.29) is 12.5 Å². The first-order chi connectivity index (χ1) is 13.2.